The fourth-order valence-corrected chi connectivity index (χ4v) is 1.32. The molecule has 4 heteroatoms. The van der Waals surface area contributed by atoms with E-state index in [-0.39, 0.29) is 5.54 Å². The number of rotatable bonds is 5. The van der Waals surface area contributed by atoms with E-state index < -0.39 is 0 Å². The van der Waals surface area contributed by atoms with Crippen LogP contribution < -0.4 is 10.6 Å². The summed E-state index contributed by atoms with van der Waals surface area (Å²) in [6.07, 6.45) is 3.92. The van der Waals surface area contributed by atoms with Crippen LogP contribution in [0, 0.1) is 0 Å². The number of nitrogens with zero attached hydrogens (tertiary/aromatic N) is 2. The molecule has 1 heterocycles. The maximum Gasteiger partial charge on any atom is 0.0534 e. The van der Waals surface area contributed by atoms with Crippen molar-refractivity contribution in [1.82, 2.24) is 20.4 Å². The SMILES string of the molecule is Cn1cc(CNCCNC(C)(C)C)cn1. The summed E-state index contributed by atoms with van der Waals surface area (Å²) < 4.78 is 1.82. The number of hydrogen-bond acceptors (Lipinski definition) is 3. The van der Waals surface area contributed by atoms with Crippen LogP contribution in [0.2, 0.25) is 0 Å². The first-order valence-electron chi connectivity index (χ1n) is 5.41. The van der Waals surface area contributed by atoms with Crippen molar-refractivity contribution in [2.24, 2.45) is 7.05 Å². The Labute approximate surface area is 92.1 Å². The zero-order valence-corrected chi connectivity index (χ0v) is 10.2. The minimum absolute atomic E-state index is 0.204. The third kappa shape index (κ3) is 5.54. The van der Waals surface area contributed by atoms with Crippen molar-refractivity contribution in [1.29, 1.82) is 0 Å². The fourth-order valence-electron chi connectivity index (χ4n) is 1.32. The second-order valence-corrected chi connectivity index (χ2v) is 4.88. The summed E-state index contributed by atoms with van der Waals surface area (Å²) in [6.45, 7) is 9.38. The Balaban J connectivity index is 2.07. The number of hydrogen-bond donors (Lipinski definition) is 2. The van der Waals surface area contributed by atoms with E-state index in [0.717, 1.165) is 19.6 Å². The highest BCUT2D eigenvalue weighted by atomic mass is 15.2. The molecule has 0 aromatic carbocycles. The summed E-state index contributed by atoms with van der Waals surface area (Å²) in [5, 5.41) is 10.9. The lowest BCUT2D eigenvalue weighted by atomic mass is 10.1. The average Bonchev–Trinajstić information content (AvgIpc) is 2.49. The second-order valence-electron chi connectivity index (χ2n) is 4.88. The first-order valence-corrected chi connectivity index (χ1v) is 5.41. The van der Waals surface area contributed by atoms with Gasteiger partial charge in [0.05, 0.1) is 6.20 Å². The first-order chi connectivity index (χ1) is 6.97. The van der Waals surface area contributed by atoms with Gasteiger partial charge in [-0.15, -0.1) is 0 Å². The molecule has 0 saturated carbocycles. The van der Waals surface area contributed by atoms with E-state index >= 15 is 0 Å². The van der Waals surface area contributed by atoms with E-state index in [1.54, 1.807) is 0 Å². The number of aryl methyl sites for hydroxylation is 1. The van der Waals surface area contributed by atoms with Gasteiger partial charge in [0.2, 0.25) is 0 Å². The summed E-state index contributed by atoms with van der Waals surface area (Å²) in [4.78, 5) is 0. The van der Waals surface area contributed by atoms with E-state index in [1.165, 1.54) is 5.56 Å². The molecular weight excluding hydrogens is 188 g/mol. The van der Waals surface area contributed by atoms with Gasteiger partial charge in [0.1, 0.15) is 0 Å². The average molecular weight is 210 g/mol. The topological polar surface area (TPSA) is 41.9 Å². The van der Waals surface area contributed by atoms with Crippen LogP contribution in [0.3, 0.4) is 0 Å². The lowest BCUT2D eigenvalue weighted by molar-refractivity contribution is 0.421. The van der Waals surface area contributed by atoms with Crippen molar-refractivity contribution < 1.29 is 0 Å². The smallest absolute Gasteiger partial charge is 0.0534 e. The molecule has 0 aliphatic rings. The van der Waals surface area contributed by atoms with Crippen LogP contribution in [-0.2, 0) is 13.6 Å². The zero-order valence-electron chi connectivity index (χ0n) is 10.2. The van der Waals surface area contributed by atoms with Gasteiger partial charge in [-0.1, -0.05) is 0 Å². The van der Waals surface area contributed by atoms with E-state index in [9.17, 15) is 0 Å². The Morgan fingerprint density at radius 1 is 1.33 bits per heavy atom. The molecule has 1 rings (SSSR count). The highest BCUT2D eigenvalue weighted by Gasteiger charge is 2.06. The van der Waals surface area contributed by atoms with Crippen LogP contribution in [0.25, 0.3) is 0 Å². The van der Waals surface area contributed by atoms with Crippen LogP contribution in [-0.4, -0.2) is 28.4 Å². The molecule has 2 N–H and O–H groups in total. The number of aromatic nitrogens is 2. The van der Waals surface area contributed by atoms with Crippen molar-refractivity contribution in [3.8, 4) is 0 Å². The van der Waals surface area contributed by atoms with Crippen LogP contribution in [0.1, 0.15) is 26.3 Å². The summed E-state index contributed by atoms with van der Waals surface area (Å²) in [5.41, 5.74) is 1.43. The largest absolute Gasteiger partial charge is 0.311 e. The predicted octanol–water partition coefficient (Wildman–Crippen LogP) is 0.898. The standard InChI is InChI=1S/C11H22N4/c1-11(2,3)13-6-5-12-7-10-8-14-15(4)9-10/h8-9,12-13H,5-7H2,1-4H3. The molecule has 0 atom stereocenters. The van der Waals surface area contributed by atoms with Crippen molar-refractivity contribution >= 4 is 0 Å². The second kappa shape index (κ2) is 5.28. The molecule has 0 fully saturated rings. The van der Waals surface area contributed by atoms with Crippen LogP contribution in [0.15, 0.2) is 12.4 Å². The van der Waals surface area contributed by atoms with Crippen molar-refractivity contribution in [3.63, 3.8) is 0 Å². The molecule has 4 nitrogen and oxygen atoms in total. The summed E-state index contributed by atoms with van der Waals surface area (Å²) in [6, 6.07) is 0. The molecule has 0 amide bonds. The van der Waals surface area contributed by atoms with Gasteiger partial charge in [0.25, 0.3) is 0 Å². The van der Waals surface area contributed by atoms with Gasteiger partial charge in [-0.2, -0.15) is 5.10 Å². The molecule has 1 aromatic rings. The molecule has 0 bridgehead atoms. The van der Waals surface area contributed by atoms with Gasteiger partial charge in [-0.25, -0.2) is 0 Å². The van der Waals surface area contributed by atoms with Gasteiger partial charge in [0, 0.05) is 44.0 Å². The molecule has 86 valence electrons. The maximum absolute atomic E-state index is 4.12. The monoisotopic (exact) mass is 210 g/mol. The van der Waals surface area contributed by atoms with Crippen LogP contribution >= 0.6 is 0 Å². The van der Waals surface area contributed by atoms with Crippen LogP contribution in [0.5, 0.6) is 0 Å². The van der Waals surface area contributed by atoms with E-state index in [2.05, 4.69) is 36.5 Å². The molecule has 1 aromatic heterocycles. The van der Waals surface area contributed by atoms with Crippen molar-refractivity contribution in [3.05, 3.63) is 18.0 Å². The van der Waals surface area contributed by atoms with Gasteiger partial charge >= 0.3 is 0 Å². The lowest BCUT2D eigenvalue weighted by Gasteiger charge is -2.20. The Kier molecular flexibility index (Phi) is 4.29. The summed E-state index contributed by atoms with van der Waals surface area (Å²) in [5.74, 6) is 0. The third-order valence-electron chi connectivity index (χ3n) is 2.04. The van der Waals surface area contributed by atoms with E-state index in [0.29, 0.717) is 0 Å². The summed E-state index contributed by atoms with van der Waals surface area (Å²) >= 11 is 0. The van der Waals surface area contributed by atoms with Gasteiger partial charge < -0.3 is 10.6 Å². The summed E-state index contributed by atoms with van der Waals surface area (Å²) in [7, 11) is 1.94. The molecule has 0 aliphatic heterocycles. The normalized spacial score (nSPS) is 12.0. The molecule has 15 heavy (non-hydrogen) atoms. The highest BCUT2D eigenvalue weighted by Crippen LogP contribution is 1.97. The molecule has 0 unspecified atom stereocenters. The maximum atomic E-state index is 4.12. The zero-order chi connectivity index (χ0) is 11.3. The molecule has 0 radical (unpaired) electrons. The van der Waals surface area contributed by atoms with Crippen LogP contribution in [0.4, 0.5) is 0 Å². The Hall–Kier alpha value is -0.870. The first kappa shape index (κ1) is 12.2. The van der Waals surface area contributed by atoms with Gasteiger partial charge in [-0.05, 0) is 20.8 Å². The minimum Gasteiger partial charge on any atom is -0.311 e. The minimum atomic E-state index is 0.204. The fraction of sp³-hybridized carbons (Fsp3) is 0.727. The number of nitrogens with one attached hydrogen (secondary N) is 2. The molecule has 0 spiro atoms. The Morgan fingerprint density at radius 2 is 2.07 bits per heavy atom. The van der Waals surface area contributed by atoms with Crippen molar-refractivity contribution in [2.45, 2.75) is 32.9 Å². The van der Waals surface area contributed by atoms with Crippen molar-refractivity contribution in [2.75, 3.05) is 13.1 Å². The molecule has 0 aliphatic carbocycles. The quantitative estimate of drug-likeness (QED) is 0.710. The van der Waals surface area contributed by atoms with E-state index in [4.69, 9.17) is 0 Å². The molecule has 0 saturated heterocycles. The van der Waals surface area contributed by atoms with Gasteiger partial charge in [0.15, 0.2) is 0 Å². The lowest BCUT2D eigenvalue weighted by Crippen LogP contribution is -2.40. The Bertz CT molecular complexity index is 285. The third-order valence-corrected chi connectivity index (χ3v) is 2.04. The molecular formula is C11H22N4. The Morgan fingerprint density at radius 3 is 2.60 bits per heavy atom. The van der Waals surface area contributed by atoms with E-state index in [1.807, 2.05) is 24.1 Å². The highest BCUT2D eigenvalue weighted by molar-refractivity contribution is 5.02. The van der Waals surface area contributed by atoms with Gasteiger partial charge in [-0.3, -0.25) is 4.68 Å². The predicted molar refractivity (Wildman–Crippen MR) is 62.7 cm³/mol.